The van der Waals surface area contributed by atoms with Gasteiger partial charge in [0.1, 0.15) is 0 Å². The molecule has 0 radical (unpaired) electrons. The topological polar surface area (TPSA) is 45.2 Å². The van der Waals surface area contributed by atoms with Crippen molar-refractivity contribution in [2.75, 3.05) is 25.0 Å². The predicted molar refractivity (Wildman–Crippen MR) is 87.5 cm³/mol. The van der Waals surface area contributed by atoms with Crippen LogP contribution in [0.4, 0.5) is 5.69 Å². The molecule has 1 amide bonds. The van der Waals surface area contributed by atoms with E-state index in [0.29, 0.717) is 13.0 Å². The van der Waals surface area contributed by atoms with Crippen molar-refractivity contribution >= 4 is 22.5 Å². The fourth-order valence-corrected chi connectivity index (χ4v) is 2.49. The quantitative estimate of drug-likeness (QED) is 0.886. The second-order valence-electron chi connectivity index (χ2n) is 5.07. The van der Waals surface area contributed by atoms with E-state index in [1.165, 1.54) is 0 Å². The van der Waals surface area contributed by atoms with Gasteiger partial charge in [0.25, 0.3) is 0 Å². The highest BCUT2D eigenvalue weighted by molar-refractivity contribution is 5.91. The van der Waals surface area contributed by atoms with Gasteiger partial charge >= 0.3 is 0 Å². The number of nitrogens with zero attached hydrogens (tertiary/aromatic N) is 2. The molecule has 1 N–H and O–H groups in total. The number of carbonyl (C=O) groups excluding carboxylic acids is 1. The van der Waals surface area contributed by atoms with Gasteiger partial charge in [-0.05, 0) is 32.9 Å². The average molecular weight is 285 g/mol. The van der Waals surface area contributed by atoms with Gasteiger partial charge in [0.2, 0.25) is 5.91 Å². The van der Waals surface area contributed by atoms with Gasteiger partial charge in [-0.3, -0.25) is 9.78 Å². The zero-order valence-electron chi connectivity index (χ0n) is 13.0. The van der Waals surface area contributed by atoms with Crippen LogP contribution in [0.2, 0.25) is 0 Å². The van der Waals surface area contributed by atoms with E-state index in [2.05, 4.69) is 16.4 Å². The smallest absolute Gasteiger partial charge is 0.224 e. The molecule has 0 atom stereocenters. The van der Waals surface area contributed by atoms with Gasteiger partial charge in [-0.2, -0.15) is 0 Å². The zero-order chi connectivity index (χ0) is 15.2. The summed E-state index contributed by atoms with van der Waals surface area (Å²) in [7, 11) is 0. The molecule has 0 fully saturated rings. The van der Waals surface area contributed by atoms with Crippen molar-refractivity contribution in [1.29, 1.82) is 0 Å². The summed E-state index contributed by atoms with van der Waals surface area (Å²) in [5.41, 5.74) is 3.01. The van der Waals surface area contributed by atoms with E-state index in [1.807, 2.05) is 49.9 Å². The number of hydrogen-bond acceptors (Lipinski definition) is 3. The van der Waals surface area contributed by atoms with Gasteiger partial charge in [-0.25, -0.2) is 0 Å². The van der Waals surface area contributed by atoms with Gasteiger partial charge in [0.15, 0.2) is 0 Å². The van der Waals surface area contributed by atoms with Crippen LogP contribution in [-0.4, -0.2) is 35.4 Å². The molecular weight excluding hydrogens is 262 g/mol. The van der Waals surface area contributed by atoms with E-state index in [0.717, 1.165) is 35.4 Å². The summed E-state index contributed by atoms with van der Waals surface area (Å²) in [6.07, 6.45) is 0.511. The van der Waals surface area contributed by atoms with Gasteiger partial charge in [-0.15, -0.1) is 0 Å². The molecule has 0 aliphatic carbocycles. The minimum atomic E-state index is 0.197. The Morgan fingerprint density at radius 1 is 1.24 bits per heavy atom. The van der Waals surface area contributed by atoms with Crippen molar-refractivity contribution in [1.82, 2.24) is 9.88 Å². The van der Waals surface area contributed by atoms with Crippen LogP contribution in [0.25, 0.3) is 10.9 Å². The maximum Gasteiger partial charge on any atom is 0.224 e. The molecule has 0 spiro atoms. The number of carbonyl (C=O) groups is 1. The lowest BCUT2D eigenvalue weighted by Crippen LogP contribution is -2.31. The highest BCUT2D eigenvalue weighted by Crippen LogP contribution is 2.22. The molecule has 112 valence electrons. The molecule has 1 heterocycles. The summed E-state index contributed by atoms with van der Waals surface area (Å²) in [5.74, 6) is 0.197. The number of fused-ring (bicyclic) bond motifs is 1. The lowest BCUT2D eigenvalue weighted by Gasteiger charge is -2.19. The Hall–Kier alpha value is -2.10. The number of nitrogens with one attached hydrogen (secondary N) is 1. The fourth-order valence-electron chi connectivity index (χ4n) is 2.49. The SMILES string of the molecule is CCN(CC)C(=O)CCNc1cc(C)nc2ccccc12. The lowest BCUT2D eigenvalue weighted by atomic mass is 10.1. The fraction of sp³-hybridized carbons (Fsp3) is 0.412. The average Bonchev–Trinajstić information content (AvgIpc) is 2.48. The molecule has 2 rings (SSSR count). The first-order valence-corrected chi connectivity index (χ1v) is 7.53. The summed E-state index contributed by atoms with van der Waals surface area (Å²) < 4.78 is 0. The monoisotopic (exact) mass is 285 g/mol. The van der Waals surface area contributed by atoms with Crippen LogP contribution >= 0.6 is 0 Å². The summed E-state index contributed by atoms with van der Waals surface area (Å²) >= 11 is 0. The third-order valence-corrected chi connectivity index (χ3v) is 3.61. The van der Waals surface area contributed by atoms with Crippen LogP contribution in [0.5, 0.6) is 0 Å². The number of hydrogen-bond donors (Lipinski definition) is 1. The number of benzene rings is 1. The van der Waals surface area contributed by atoms with Gasteiger partial charge < -0.3 is 10.2 Å². The molecule has 0 aliphatic rings. The van der Waals surface area contributed by atoms with Crippen molar-refractivity contribution in [3.8, 4) is 0 Å². The second-order valence-corrected chi connectivity index (χ2v) is 5.07. The molecule has 4 nitrogen and oxygen atoms in total. The van der Waals surface area contributed by atoms with Gasteiger partial charge in [-0.1, -0.05) is 18.2 Å². The molecule has 4 heteroatoms. The highest BCUT2D eigenvalue weighted by atomic mass is 16.2. The zero-order valence-corrected chi connectivity index (χ0v) is 13.0. The van der Waals surface area contributed by atoms with Crippen LogP contribution in [0.1, 0.15) is 26.0 Å². The Morgan fingerprint density at radius 2 is 1.95 bits per heavy atom. The standard InChI is InChI=1S/C17H23N3O/c1-4-20(5-2)17(21)10-11-18-16-12-13(3)19-15-9-7-6-8-14(15)16/h6-9,12H,4-5,10-11H2,1-3H3,(H,18,19). The summed E-state index contributed by atoms with van der Waals surface area (Å²) in [5, 5.41) is 4.47. The molecule has 0 saturated carbocycles. The summed E-state index contributed by atoms with van der Waals surface area (Å²) in [4.78, 5) is 18.4. The first-order chi connectivity index (χ1) is 10.2. The van der Waals surface area contributed by atoms with Crippen molar-refractivity contribution in [3.63, 3.8) is 0 Å². The first-order valence-electron chi connectivity index (χ1n) is 7.53. The molecule has 0 bridgehead atoms. The largest absolute Gasteiger partial charge is 0.384 e. The van der Waals surface area contributed by atoms with Crippen LogP contribution in [0, 0.1) is 6.92 Å². The van der Waals surface area contributed by atoms with E-state index >= 15 is 0 Å². The predicted octanol–water partition coefficient (Wildman–Crippen LogP) is 3.21. The van der Waals surface area contributed by atoms with E-state index in [9.17, 15) is 4.79 Å². The Kier molecular flexibility index (Phi) is 5.14. The lowest BCUT2D eigenvalue weighted by molar-refractivity contribution is -0.130. The van der Waals surface area contributed by atoms with E-state index < -0.39 is 0 Å². The molecule has 21 heavy (non-hydrogen) atoms. The second kappa shape index (κ2) is 7.07. The number of anilines is 1. The van der Waals surface area contributed by atoms with Crippen LogP contribution < -0.4 is 5.32 Å². The third kappa shape index (κ3) is 3.72. The number of rotatable bonds is 6. The summed E-state index contributed by atoms with van der Waals surface area (Å²) in [6.45, 7) is 8.18. The van der Waals surface area contributed by atoms with Crippen LogP contribution in [-0.2, 0) is 4.79 Å². The van der Waals surface area contributed by atoms with E-state index in [-0.39, 0.29) is 5.91 Å². The molecule has 1 aromatic heterocycles. The first kappa shape index (κ1) is 15.3. The number of pyridine rings is 1. The molecule has 0 saturated heterocycles. The Labute approximate surface area is 126 Å². The molecular formula is C17H23N3O. The Morgan fingerprint density at radius 3 is 2.67 bits per heavy atom. The number of aromatic nitrogens is 1. The minimum absolute atomic E-state index is 0.197. The van der Waals surface area contributed by atoms with Crippen LogP contribution in [0.3, 0.4) is 0 Å². The third-order valence-electron chi connectivity index (χ3n) is 3.61. The molecule has 0 unspecified atom stereocenters. The molecule has 2 aromatic rings. The number of amides is 1. The maximum absolute atomic E-state index is 12.0. The molecule has 1 aromatic carbocycles. The maximum atomic E-state index is 12.0. The van der Waals surface area contributed by atoms with Crippen molar-refractivity contribution < 1.29 is 4.79 Å². The normalized spacial score (nSPS) is 10.6. The molecule has 0 aliphatic heterocycles. The Bertz CT molecular complexity index is 620. The van der Waals surface area contributed by atoms with Gasteiger partial charge in [0.05, 0.1) is 5.52 Å². The number of para-hydroxylation sites is 1. The summed E-state index contributed by atoms with van der Waals surface area (Å²) in [6, 6.07) is 10.1. The van der Waals surface area contributed by atoms with Crippen molar-refractivity contribution in [2.24, 2.45) is 0 Å². The highest BCUT2D eigenvalue weighted by Gasteiger charge is 2.09. The van der Waals surface area contributed by atoms with Gasteiger partial charge in [0, 0.05) is 42.8 Å². The van der Waals surface area contributed by atoms with E-state index in [1.54, 1.807) is 0 Å². The number of aryl methyl sites for hydroxylation is 1. The van der Waals surface area contributed by atoms with Crippen LogP contribution in [0.15, 0.2) is 30.3 Å². The van der Waals surface area contributed by atoms with Crippen molar-refractivity contribution in [3.05, 3.63) is 36.0 Å². The van der Waals surface area contributed by atoms with Crippen molar-refractivity contribution in [2.45, 2.75) is 27.2 Å². The van der Waals surface area contributed by atoms with E-state index in [4.69, 9.17) is 0 Å². The minimum Gasteiger partial charge on any atom is -0.384 e. The Balaban J connectivity index is 2.05.